The second kappa shape index (κ2) is 6.24. The van der Waals surface area contributed by atoms with Gasteiger partial charge in [0.1, 0.15) is 5.82 Å². The van der Waals surface area contributed by atoms with Crippen molar-refractivity contribution in [3.63, 3.8) is 0 Å². The Hall–Kier alpha value is -1.40. The predicted molar refractivity (Wildman–Crippen MR) is 90.9 cm³/mol. The van der Waals surface area contributed by atoms with Crippen molar-refractivity contribution in [2.24, 2.45) is 0 Å². The highest BCUT2D eigenvalue weighted by molar-refractivity contribution is 5.44. The Balaban J connectivity index is 1.35. The molecule has 1 saturated carbocycles. The Morgan fingerprint density at radius 3 is 2.35 bits per heavy atom. The van der Waals surface area contributed by atoms with Crippen molar-refractivity contribution in [3.8, 4) is 0 Å². The molecular formula is C17H27N5O. The molecule has 6 nitrogen and oxygen atoms in total. The molecule has 2 saturated heterocycles. The van der Waals surface area contributed by atoms with Gasteiger partial charge < -0.3 is 14.9 Å². The Labute approximate surface area is 138 Å². The molecular weight excluding hydrogens is 290 g/mol. The molecule has 0 spiro atoms. The first kappa shape index (κ1) is 15.1. The van der Waals surface area contributed by atoms with E-state index in [2.05, 4.69) is 19.7 Å². The Morgan fingerprint density at radius 1 is 0.957 bits per heavy atom. The van der Waals surface area contributed by atoms with E-state index < -0.39 is 5.60 Å². The molecule has 3 fully saturated rings. The Morgan fingerprint density at radius 2 is 1.70 bits per heavy atom. The lowest BCUT2D eigenvalue weighted by atomic mass is 9.80. The molecule has 2 aliphatic heterocycles. The van der Waals surface area contributed by atoms with E-state index >= 15 is 0 Å². The summed E-state index contributed by atoms with van der Waals surface area (Å²) >= 11 is 0. The molecule has 0 aromatic carbocycles. The molecule has 0 bridgehead atoms. The number of aromatic nitrogens is 2. The van der Waals surface area contributed by atoms with Gasteiger partial charge in [-0.05, 0) is 38.2 Å². The maximum Gasteiger partial charge on any atom is 0.227 e. The zero-order valence-electron chi connectivity index (χ0n) is 13.8. The first-order valence-electron chi connectivity index (χ1n) is 9.00. The van der Waals surface area contributed by atoms with Crippen LogP contribution in [0.5, 0.6) is 0 Å². The number of anilines is 2. The van der Waals surface area contributed by atoms with E-state index in [9.17, 15) is 5.11 Å². The standard InChI is InChI=1S/C17H27N5O/c23-17(5-3-6-17)14-20-10-12-22(13-11-20)16-18-7-4-15(19-16)21-8-1-2-9-21/h4,7,23H,1-3,5-6,8-14H2. The van der Waals surface area contributed by atoms with Crippen LogP contribution in [0.4, 0.5) is 11.8 Å². The molecule has 6 heteroatoms. The van der Waals surface area contributed by atoms with Gasteiger partial charge in [0.25, 0.3) is 0 Å². The van der Waals surface area contributed by atoms with E-state index in [0.29, 0.717) is 0 Å². The summed E-state index contributed by atoms with van der Waals surface area (Å²) in [6.07, 6.45) is 7.53. The number of β-amino-alcohol motifs (C(OH)–C–C–N with tert-alkyl or cyclic N) is 1. The topological polar surface area (TPSA) is 55.7 Å². The summed E-state index contributed by atoms with van der Waals surface area (Å²) in [5.41, 5.74) is -0.408. The maximum absolute atomic E-state index is 10.3. The summed E-state index contributed by atoms with van der Waals surface area (Å²) in [6, 6.07) is 2.02. The van der Waals surface area contributed by atoms with Gasteiger partial charge in [-0.1, -0.05) is 0 Å². The van der Waals surface area contributed by atoms with Crippen LogP contribution in [0.25, 0.3) is 0 Å². The van der Waals surface area contributed by atoms with Gasteiger partial charge in [-0.3, -0.25) is 4.90 Å². The van der Waals surface area contributed by atoms with Crippen LogP contribution < -0.4 is 9.80 Å². The molecule has 1 N–H and O–H groups in total. The molecule has 0 amide bonds. The molecule has 1 aromatic rings. The zero-order chi connectivity index (χ0) is 15.7. The van der Waals surface area contributed by atoms with Crippen LogP contribution in [0.2, 0.25) is 0 Å². The maximum atomic E-state index is 10.3. The van der Waals surface area contributed by atoms with Crippen molar-refractivity contribution in [2.45, 2.75) is 37.7 Å². The van der Waals surface area contributed by atoms with Crippen molar-refractivity contribution in [3.05, 3.63) is 12.3 Å². The van der Waals surface area contributed by atoms with E-state index in [0.717, 1.165) is 70.4 Å². The lowest BCUT2D eigenvalue weighted by Gasteiger charge is -2.43. The van der Waals surface area contributed by atoms with Crippen molar-refractivity contribution in [1.29, 1.82) is 0 Å². The fourth-order valence-corrected chi connectivity index (χ4v) is 3.88. The lowest BCUT2D eigenvalue weighted by molar-refractivity contribution is -0.0594. The van der Waals surface area contributed by atoms with Gasteiger partial charge in [0, 0.05) is 52.0 Å². The van der Waals surface area contributed by atoms with Crippen molar-refractivity contribution in [1.82, 2.24) is 14.9 Å². The highest BCUT2D eigenvalue weighted by Gasteiger charge is 2.36. The predicted octanol–water partition coefficient (Wildman–Crippen LogP) is 1.11. The normalized spacial score (nSPS) is 24.7. The minimum Gasteiger partial charge on any atom is -0.389 e. The molecule has 126 valence electrons. The zero-order valence-corrected chi connectivity index (χ0v) is 13.8. The first-order chi connectivity index (χ1) is 11.2. The van der Waals surface area contributed by atoms with Crippen LogP contribution in [-0.4, -0.2) is 71.4 Å². The van der Waals surface area contributed by atoms with E-state index in [-0.39, 0.29) is 0 Å². The van der Waals surface area contributed by atoms with Crippen molar-refractivity contribution >= 4 is 11.8 Å². The second-order valence-electron chi connectivity index (χ2n) is 7.25. The number of hydrogen-bond acceptors (Lipinski definition) is 6. The highest BCUT2D eigenvalue weighted by Crippen LogP contribution is 2.32. The summed E-state index contributed by atoms with van der Waals surface area (Å²) in [6.45, 7) is 6.92. The van der Waals surface area contributed by atoms with Gasteiger partial charge in [0.2, 0.25) is 5.95 Å². The third kappa shape index (κ3) is 3.28. The van der Waals surface area contributed by atoms with Crippen LogP contribution in [-0.2, 0) is 0 Å². The van der Waals surface area contributed by atoms with Crippen molar-refractivity contribution < 1.29 is 5.11 Å². The summed E-state index contributed by atoms with van der Waals surface area (Å²) < 4.78 is 0. The monoisotopic (exact) mass is 317 g/mol. The molecule has 4 rings (SSSR count). The fraction of sp³-hybridized carbons (Fsp3) is 0.765. The summed E-state index contributed by atoms with van der Waals surface area (Å²) in [7, 11) is 0. The summed E-state index contributed by atoms with van der Waals surface area (Å²) in [4.78, 5) is 16.3. The summed E-state index contributed by atoms with van der Waals surface area (Å²) in [5.74, 6) is 1.93. The smallest absolute Gasteiger partial charge is 0.227 e. The van der Waals surface area contributed by atoms with E-state index in [1.807, 2.05) is 12.3 Å². The van der Waals surface area contributed by atoms with Gasteiger partial charge in [-0.15, -0.1) is 0 Å². The molecule has 0 radical (unpaired) electrons. The van der Waals surface area contributed by atoms with Gasteiger partial charge in [0.05, 0.1) is 5.60 Å². The van der Waals surface area contributed by atoms with Gasteiger partial charge in [-0.25, -0.2) is 4.98 Å². The van der Waals surface area contributed by atoms with Crippen LogP contribution in [0.1, 0.15) is 32.1 Å². The average molecular weight is 317 g/mol. The second-order valence-corrected chi connectivity index (χ2v) is 7.25. The number of rotatable bonds is 4. The average Bonchev–Trinajstić information content (AvgIpc) is 3.09. The number of nitrogens with zero attached hydrogens (tertiary/aromatic N) is 5. The lowest BCUT2D eigenvalue weighted by Crippen LogP contribution is -2.54. The van der Waals surface area contributed by atoms with E-state index in [1.165, 1.54) is 19.3 Å². The Bertz CT molecular complexity index is 534. The number of aliphatic hydroxyl groups is 1. The minimum atomic E-state index is -0.408. The van der Waals surface area contributed by atoms with E-state index in [4.69, 9.17) is 4.98 Å². The van der Waals surface area contributed by atoms with Crippen molar-refractivity contribution in [2.75, 3.05) is 55.6 Å². The third-order valence-electron chi connectivity index (χ3n) is 5.52. The third-order valence-corrected chi connectivity index (χ3v) is 5.52. The quantitative estimate of drug-likeness (QED) is 0.898. The molecule has 0 unspecified atom stereocenters. The first-order valence-corrected chi connectivity index (χ1v) is 9.00. The fourth-order valence-electron chi connectivity index (χ4n) is 3.88. The van der Waals surface area contributed by atoms with Crippen LogP contribution in [0.15, 0.2) is 12.3 Å². The van der Waals surface area contributed by atoms with Crippen LogP contribution in [0, 0.1) is 0 Å². The van der Waals surface area contributed by atoms with E-state index in [1.54, 1.807) is 0 Å². The molecule has 3 aliphatic rings. The summed E-state index contributed by atoms with van der Waals surface area (Å²) in [5, 5.41) is 10.3. The minimum absolute atomic E-state index is 0.408. The SMILES string of the molecule is OC1(CN2CCN(c3nccc(N4CCCC4)n3)CC2)CCC1. The van der Waals surface area contributed by atoms with Crippen LogP contribution >= 0.6 is 0 Å². The largest absolute Gasteiger partial charge is 0.389 e. The van der Waals surface area contributed by atoms with Gasteiger partial charge in [-0.2, -0.15) is 4.98 Å². The molecule has 23 heavy (non-hydrogen) atoms. The highest BCUT2D eigenvalue weighted by atomic mass is 16.3. The number of piperazine rings is 1. The molecule has 0 atom stereocenters. The van der Waals surface area contributed by atoms with Gasteiger partial charge >= 0.3 is 0 Å². The molecule has 1 aromatic heterocycles. The van der Waals surface area contributed by atoms with Crippen LogP contribution in [0.3, 0.4) is 0 Å². The molecule has 1 aliphatic carbocycles. The molecule has 3 heterocycles. The van der Waals surface area contributed by atoms with Gasteiger partial charge in [0.15, 0.2) is 0 Å². The Kier molecular flexibility index (Phi) is 4.11. The number of hydrogen-bond donors (Lipinski definition) is 1.